The quantitative estimate of drug-likeness (QED) is 0.853. The molecule has 0 spiro atoms. The molecule has 2 heterocycles. The van der Waals surface area contributed by atoms with Crippen LogP contribution >= 0.6 is 11.3 Å². The van der Waals surface area contributed by atoms with Crippen molar-refractivity contribution in [3.8, 4) is 0 Å². The lowest BCUT2D eigenvalue weighted by Crippen LogP contribution is -2.19. The molecule has 108 valence electrons. The highest BCUT2D eigenvalue weighted by atomic mass is 32.1. The lowest BCUT2D eigenvalue weighted by atomic mass is 10.2. The molecule has 2 aromatic rings. The number of thiophene rings is 1. The summed E-state index contributed by atoms with van der Waals surface area (Å²) in [5.74, 6) is 1.82. The van der Waals surface area contributed by atoms with Crippen LogP contribution < -0.4 is 10.6 Å². The van der Waals surface area contributed by atoms with Crippen molar-refractivity contribution in [1.82, 2.24) is 9.97 Å². The zero-order valence-electron chi connectivity index (χ0n) is 12.5. The molecular formula is C15H22N4S. The zero-order chi connectivity index (χ0) is 14.5. The molecule has 0 radical (unpaired) electrons. The smallest absolute Gasteiger partial charge is 0.134 e. The lowest BCUT2D eigenvalue weighted by Gasteiger charge is -2.16. The van der Waals surface area contributed by atoms with Gasteiger partial charge in [-0.3, -0.25) is 0 Å². The second kappa shape index (κ2) is 6.70. The van der Waals surface area contributed by atoms with E-state index in [1.807, 2.05) is 18.3 Å². The molecule has 0 aliphatic heterocycles. The van der Waals surface area contributed by atoms with Crippen molar-refractivity contribution < 1.29 is 0 Å². The largest absolute Gasteiger partial charge is 0.370 e. The van der Waals surface area contributed by atoms with Gasteiger partial charge in [-0.15, -0.1) is 11.3 Å². The predicted octanol–water partition coefficient (Wildman–Crippen LogP) is 3.63. The standard InChI is InChI=1S/C15H22N4S/c1-5-16-14-12(4)15(18-9-17-14)19-10(2)8-13-7-6-11(3)20-13/h6-7,9-10H,5,8H2,1-4H3,(H2,16,17,18,19). The van der Waals surface area contributed by atoms with Crippen LogP contribution in [0, 0.1) is 13.8 Å². The fourth-order valence-corrected chi connectivity index (χ4v) is 3.14. The van der Waals surface area contributed by atoms with E-state index in [4.69, 9.17) is 0 Å². The van der Waals surface area contributed by atoms with Gasteiger partial charge < -0.3 is 10.6 Å². The first-order valence-corrected chi connectivity index (χ1v) is 7.79. The molecule has 1 atom stereocenters. The van der Waals surface area contributed by atoms with Crippen LogP contribution in [0.2, 0.25) is 0 Å². The monoisotopic (exact) mass is 290 g/mol. The van der Waals surface area contributed by atoms with Crippen molar-refractivity contribution >= 4 is 23.0 Å². The molecule has 2 aromatic heterocycles. The second-order valence-corrected chi connectivity index (χ2v) is 6.36. The molecule has 20 heavy (non-hydrogen) atoms. The first-order chi connectivity index (χ1) is 9.60. The number of aromatic nitrogens is 2. The van der Waals surface area contributed by atoms with Crippen LogP contribution in [0.15, 0.2) is 18.5 Å². The Morgan fingerprint density at radius 1 is 1.20 bits per heavy atom. The zero-order valence-corrected chi connectivity index (χ0v) is 13.3. The molecule has 0 bridgehead atoms. The van der Waals surface area contributed by atoms with Crippen LogP contribution in [-0.4, -0.2) is 22.6 Å². The van der Waals surface area contributed by atoms with Gasteiger partial charge in [0.05, 0.1) is 0 Å². The van der Waals surface area contributed by atoms with Crippen molar-refractivity contribution in [2.45, 2.75) is 40.2 Å². The average Bonchev–Trinajstić information content (AvgIpc) is 2.80. The maximum atomic E-state index is 4.35. The minimum absolute atomic E-state index is 0.344. The molecular weight excluding hydrogens is 268 g/mol. The third kappa shape index (κ3) is 3.70. The lowest BCUT2D eigenvalue weighted by molar-refractivity contribution is 0.791. The Bertz CT molecular complexity index is 565. The highest BCUT2D eigenvalue weighted by molar-refractivity contribution is 7.11. The van der Waals surface area contributed by atoms with Gasteiger partial charge in [0.2, 0.25) is 0 Å². The summed E-state index contributed by atoms with van der Waals surface area (Å²) in [4.78, 5) is 11.4. The first kappa shape index (κ1) is 14.8. The van der Waals surface area contributed by atoms with Gasteiger partial charge in [-0.05, 0) is 39.8 Å². The third-order valence-electron chi connectivity index (χ3n) is 3.11. The summed E-state index contributed by atoms with van der Waals surface area (Å²) in [6.45, 7) is 9.30. The average molecular weight is 290 g/mol. The van der Waals surface area contributed by atoms with Gasteiger partial charge in [-0.1, -0.05) is 0 Å². The molecule has 0 saturated heterocycles. The maximum Gasteiger partial charge on any atom is 0.134 e. The van der Waals surface area contributed by atoms with E-state index in [1.165, 1.54) is 9.75 Å². The molecule has 0 amide bonds. The van der Waals surface area contributed by atoms with E-state index in [9.17, 15) is 0 Å². The van der Waals surface area contributed by atoms with Crippen molar-refractivity contribution in [3.05, 3.63) is 33.8 Å². The molecule has 1 unspecified atom stereocenters. The topological polar surface area (TPSA) is 49.8 Å². The van der Waals surface area contributed by atoms with E-state index in [0.717, 1.165) is 30.2 Å². The molecule has 2 rings (SSSR count). The van der Waals surface area contributed by atoms with Gasteiger partial charge in [0.25, 0.3) is 0 Å². The molecule has 0 aliphatic rings. The van der Waals surface area contributed by atoms with E-state index >= 15 is 0 Å². The van der Waals surface area contributed by atoms with Crippen molar-refractivity contribution in [2.24, 2.45) is 0 Å². The summed E-state index contributed by atoms with van der Waals surface area (Å²) < 4.78 is 0. The van der Waals surface area contributed by atoms with Crippen molar-refractivity contribution in [2.75, 3.05) is 17.2 Å². The van der Waals surface area contributed by atoms with Crippen LogP contribution in [0.5, 0.6) is 0 Å². The molecule has 2 N–H and O–H groups in total. The van der Waals surface area contributed by atoms with Gasteiger partial charge in [0.15, 0.2) is 0 Å². The van der Waals surface area contributed by atoms with E-state index in [0.29, 0.717) is 6.04 Å². The van der Waals surface area contributed by atoms with Gasteiger partial charge >= 0.3 is 0 Å². The number of hydrogen-bond donors (Lipinski definition) is 2. The van der Waals surface area contributed by atoms with E-state index in [2.05, 4.69) is 53.5 Å². The summed E-state index contributed by atoms with van der Waals surface area (Å²) >= 11 is 1.86. The van der Waals surface area contributed by atoms with Gasteiger partial charge in [-0.2, -0.15) is 0 Å². The Hall–Kier alpha value is -1.62. The summed E-state index contributed by atoms with van der Waals surface area (Å²) in [6, 6.07) is 4.72. The van der Waals surface area contributed by atoms with Gasteiger partial charge in [0, 0.05) is 34.3 Å². The number of nitrogens with one attached hydrogen (secondary N) is 2. The minimum atomic E-state index is 0.344. The Morgan fingerprint density at radius 3 is 2.60 bits per heavy atom. The van der Waals surface area contributed by atoms with Crippen LogP contribution in [0.25, 0.3) is 0 Å². The number of nitrogens with zero attached hydrogens (tertiary/aromatic N) is 2. The fraction of sp³-hybridized carbons (Fsp3) is 0.467. The van der Waals surface area contributed by atoms with Crippen LogP contribution in [0.4, 0.5) is 11.6 Å². The summed E-state index contributed by atoms with van der Waals surface area (Å²) in [5.41, 5.74) is 1.07. The van der Waals surface area contributed by atoms with E-state index in [-0.39, 0.29) is 0 Å². The summed E-state index contributed by atoms with van der Waals surface area (Å²) in [6.07, 6.45) is 2.62. The highest BCUT2D eigenvalue weighted by Gasteiger charge is 2.10. The Labute approximate surface area is 124 Å². The first-order valence-electron chi connectivity index (χ1n) is 6.97. The normalized spacial score (nSPS) is 12.2. The summed E-state index contributed by atoms with van der Waals surface area (Å²) in [5, 5.41) is 6.74. The maximum absolute atomic E-state index is 4.35. The van der Waals surface area contributed by atoms with Gasteiger partial charge in [-0.25, -0.2) is 9.97 Å². The Morgan fingerprint density at radius 2 is 1.95 bits per heavy atom. The molecule has 0 aliphatic carbocycles. The summed E-state index contributed by atoms with van der Waals surface area (Å²) in [7, 11) is 0. The Balaban J connectivity index is 2.03. The van der Waals surface area contributed by atoms with Crippen LogP contribution in [-0.2, 0) is 6.42 Å². The number of aryl methyl sites for hydroxylation is 1. The van der Waals surface area contributed by atoms with Crippen LogP contribution in [0.3, 0.4) is 0 Å². The predicted molar refractivity (Wildman–Crippen MR) is 86.8 cm³/mol. The van der Waals surface area contributed by atoms with E-state index < -0.39 is 0 Å². The molecule has 0 fully saturated rings. The van der Waals surface area contributed by atoms with Crippen LogP contribution in [0.1, 0.15) is 29.2 Å². The van der Waals surface area contributed by atoms with Gasteiger partial charge in [0.1, 0.15) is 18.0 Å². The number of rotatable bonds is 6. The fourth-order valence-electron chi connectivity index (χ4n) is 2.12. The third-order valence-corrected chi connectivity index (χ3v) is 4.14. The molecule has 0 aromatic carbocycles. The Kier molecular flexibility index (Phi) is 4.95. The van der Waals surface area contributed by atoms with Crippen molar-refractivity contribution in [3.63, 3.8) is 0 Å². The number of anilines is 2. The molecule has 4 nitrogen and oxygen atoms in total. The molecule has 0 saturated carbocycles. The van der Waals surface area contributed by atoms with Crippen molar-refractivity contribution in [1.29, 1.82) is 0 Å². The second-order valence-electron chi connectivity index (χ2n) is 4.99. The SMILES string of the molecule is CCNc1ncnc(NC(C)Cc2ccc(C)s2)c1C. The number of hydrogen-bond acceptors (Lipinski definition) is 5. The van der Waals surface area contributed by atoms with E-state index in [1.54, 1.807) is 6.33 Å². The highest BCUT2D eigenvalue weighted by Crippen LogP contribution is 2.21. The molecule has 5 heteroatoms. The minimum Gasteiger partial charge on any atom is -0.370 e.